The highest BCUT2D eigenvalue weighted by atomic mass is 35.5. The van der Waals surface area contributed by atoms with Gasteiger partial charge < -0.3 is 15.0 Å². The molecule has 1 fully saturated rings. The number of aromatic amines is 1. The SMILES string of the molecule is CC1(C)OB(c2ccccc2-c2cc(N)n[nH]2)OC1(C)C.Cl. The molecule has 7 heteroatoms. The fraction of sp³-hybridized carbons (Fsp3) is 0.400. The van der Waals surface area contributed by atoms with Gasteiger partial charge in [0, 0.05) is 6.07 Å². The number of nitrogens with one attached hydrogen (secondary N) is 1. The van der Waals surface area contributed by atoms with Crippen LogP contribution in [0, 0.1) is 0 Å². The molecule has 1 aliphatic rings. The molecule has 2 aromatic rings. The average Bonchev–Trinajstić information content (AvgIpc) is 2.92. The van der Waals surface area contributed by atoms with E-state index in [1.54, 1.807) is 0 Å². The Kier molecular flexibility index (Phi) is 4.30. The molecule has 0 atom stereocenters. The first-order valence-electron chi connectivity index (χ1n) is 7.06. The molecule has 3 rings (SSSR count). The van der Waals surface area contributed by atoms with Gasteiger partial charge in [0.05, 0.1) is 16.9 Å². The summed E-state index contributed by atoms with van der Waals surface area (Å²) in [6.07, 6.45) is 0. The molecule has 0 amide bonds. The normalized spacial score (nSPS) is 19.0. The summed E-state index contributed by atoms with van der Waals surface area (Å²) in [6, 6.07) is 9.77. The quantitative estimate of drug-likeness (QED) is 0.833. The van der Waals surface area contributed by atoms with Crippen LogP contribution in [0.15, 0.2) is 30.3 Å². The van der Waals surface area contributed by atoms with Gasteiger partial charge in [-0.3, -0.25) is 5.10 Å². The molecule has 0 aliphatic carbocycles. The molecular formula is C15H21BClN3O2. The van der Waals surface area contributed by atoms with E-state index in [9.17, 15) is 0 Å². The number of H-pyrrole nitrogens is 1. The van der Waals surface area contributed by atoms with Crippen molar-refractivity contribution in [2.24, 2.45) is 0 Å². The van der Waals surface area contributed by atoms with Gasteiger partial charge in [0.1, 0.15) is 5.82 Å². The molecule has 0 bridgehead atoms. The molecule has 1 aliphatic heterocycles. The molecule has 1 aromatic heterocycles. The van der Waals surface area contributed by atoms with Crippen LogP contribution < -0.4 is 11.2 Å². The van der Waals surface area contributed by atoms with Crippen molar-refractivity contribution in [3.63, 3.8) is 0 Å². The van der Waals surface area contributed by atoms with Gasteiger partial charge in [0.15, 0.2) is 0 Å². The zero-order chi connectivity index (χ0) is 15.3. The van der Waals surface area contributed by atoms with Crippen LogP contribution >= 0.6 is 12.4 Å². The van der Waals surface area contributed by atoms with Crippen LogP contribution in [-0.4, -0.2) is 28.5 Å². The van der Waals surface area contributed by atoms with Gasteiger partial charge in [0.2, 0.25) is 0 Å². The summed E-state index contributed by atoms with van der Waals surface area (Å²) in [5, 5.41) is 6.93. The third-order valence-corrected chi connectivity index (χ3v) is 4.36. The van der Waals surface area contributed by atoms with Gasteiger partial charge in [-0.1, -0.05) is 24.3 Å². The topological polar surface area (TPSA) is 73.2 Å². The lowest BCUT2D eigenvalue weighted by atomic mass is 9.75. The van der Waals surface area contributed by atoms with Gasteiger partial charge in [-0.25, -0.2) is 0 Å². The van der Waals surface area contributed by atoms with E-state index in [0.29, 0.717) is 5.82 Å². The lowest BCUT2D eigenvalue weighted by Gasteiger charge is -2.32. The van der Waals surface area contributed by atoms with Crippen molar-refractivity contribution in [2.45, 2.75) is 38.9 Å². The van der Waals surface area contributed by atoms with Gasteiger partial charge in [-0.05, 0) is 38.7 Å². The second kappa shape index (κ2) is 5.61. The van der Waals surface area contributed by atoms with Crippen LogP contribution in [0.5, 0.6) is 0 Å². The van der Waals surface area contributed by atoms with Crippen molar-refractivity contribution in [1.29, 1.82) is 0 Å². The van der Waals surface area contributed by atoms with Crippen LogP contribution in [-0.2, 0) is 9.31 Å². The van der Waals surface area contributed by atoms with Crippen molar-refractivity contribution >= 4 is 30.8 Å². The summed E-state index contributed by atoms with van der Waals surface area (Å²) in [7, 11) is -0.407. The predicted octanol–water partition coefficient (Wildman–Crippen LogP) is 2.38. The fourth-order valence-corrected chi connectivity index (χ4v) is 2.39. The van der Waals surface area contributed by atoms with Crippen LogP contribution in [0.25, 0.3) is 11.3 Å². The summed E-state index contributed by atoms with van der Waals surface area (Å²) in [4.78, 5) is 0. The molecule has 118 valence electrons. The van der Waals surface area contributed by atoms with Gasteiger partial charge in [-0.2, -0.15) is 5.10 Å². The second-order valence-electron chi connectivity index (χ2n) is 6.38. The summed E-state index contributed by atoms with van der Waals surface area (Å²) in [6.45, 7) is 8.18. The average molecular weight is 322 g/mol. The van der Waals surface area contributed by atoms with E-state index in [4.69, 9.17) is 15.0 Å². The van der Waals surface area contributed by atoms with E-state index in [2.05, 4.69) is 10.2 Å². The second-order valence-corrected chi connectivity index (χ2v) is 6.38. The molecule has 22 heavy (non-hydrogen) atoms. The first-order valence-corrected chi connectivity index (χ1v) is 7.06. The van der Waals surface area contributed by atoms with E-state index < -0.39 is 7.12 Å². The van der Waals surface area contributed by atoms with Crippen LogP contribution in [0.2, 0.25) is 0 Å². The number of nitrogens with zero attached hydrogens (tertiary/aromatic N) is 1. The highest BCUT2D eigenvalue weighted by molar-refractivity contribution is 6.63. The number of nitrogen functional groups attached to an aromatic ring is 1. The van der Waals surface area contributed by atoms with Gasteiger partial charge in [-0.15, -0.1) is 12.4 Å². The molecule has 1 aromatic carbocycles. The number of halogens is 1. The first-order chi connectivity index (χ1) is 9.80. The molecule has 5 nitrogen and oxygen atoms in total. The largest absolute Gasteiger partial charge is 0.495 e. The lowest BCUT2D eigenvalue weighted by Crippen LogP contribution is -2.41. The fourth-order valence-electron chi connectivity index (χ4n) is 2.39. The van der Waals surface area contributed by atoms with E-state index in [1.165, 1.54) is 0 Å². The molecule has 3 N–H and O–H groups in total. The van der Waals surface area contributed by atoms with Crippen molar-refractivity contribution in [3.05, 3.63) is 30.3 Å². The van der Waals surface area contributed by atoms with Crippen molar-refractivity contribution < 1.29 is 9.31 Å². The zero-order valence-corrected chi connectivity index (χ0v) is 14.0. The van der Waals surface area contributed by atoms with Crippen molar-refractivity contribution in [2.75, 3.05) is 5.73 Å². The van der Waals surface area contributed by atoms with Crippen LogP contribution in [0.4, 0.5) is 5.82 Å². The molecular weight excluding hydrogens is 300 g/mol. The number of rotatable bonds is 2. The Morgan fingerprint density at radius 2 is 1.68 bits per heavy atom. The maximum Gasteiger partial charge on any atom is 0.495 e. The van der Waals surface area contributed by atoms with Crippen molar-refractivity contribution in [3.8, 4) is 11.3 Å². The Balaban J connectivity index is 0.00000176. The monoisotopic (exact) mass is 321 g/mol. The zero-order valence-electron chi connectivity index (χ0n) is 13.2. The minimum atomic E-state index is -0.407. The Morgan fingerprint density at radius 3 is 2.23 bits per heavy atom. The molecule has 0 radical (unpaired) electrons. The van der Waals surface area contributed by atoms with Crippen LogP contribution in [0.3, 0.4) is 0 Å². The molecule has 1 saturated heterocycles. The third kappa shape index (κ3) is 2.74. The number of hydrogen-bond donors (Lipinski definition) is 2. The third-order valence-electron chi connectivity index (χ3n) is 4.36. The van der Waals surface area contributed by atoms with Gasteiger partial charge in [0.25, 0.3) is 0 Å². The first kappa shape index (κ1) is 16.9. The highest BCUT2D eigenvalue weighted by Crippen LogP contribution is 2.37. The summed E-state index contributed by atoms with van der Waals surface area (Å²) >= 11 is 0. The summed E-state index contributed by atoms with van der Waals surface area (Å²) in [5.74, 6) is 0.466. The van der Waals surface area contributed by atoms with E-state index >= 15 is 0 Å². The predicted molar refractivity (Wildman–Crippen MR) is 91.4 cm³/mol. The number of aromatic nitrogens is 2. The maximum atomic E-state index is 6.13. The molecule has 0 unspecified atom stereocenters. The minimum Gasteiger partial charge on any atom is -0.399 e. The maximum absolute atomic E-state index is 6.13. The lowest BCUT2D eigenvalue weighted by molar-refractivity contribution is 0.00578. The molecule has 0 saturated carbocycles. The van der Waals surface area contributed by atoms with Gasteiger partial charge >= 0.3 is 7.12 Å². The Labute approximate surface area is 137 Å². The summed E-state index contributed by atoms with van der Waals surface area (Å²) < 4.78 is 12.3. The Hall–Kier alpha value is -1.50. The smallest absolute Gasteiger partial charge is 0.399 e. The standard InChI is InChI=1S/C15H20BN3O2.ClH/c1-14(2)15(3,4)21-16(20-14)11-8-6-5-7-10(11)12-9-13(17)19-18-12;/h5-9H,1-4H3,(H3,17,18,19);1H. The number of benzene rings is 1. The van der Waals surface area contributed by atoms with E-state index in [1.807, 2.05) is 58.0 Å². The number of nitrogens with two attached hydrogens (primary N) is 1. The highest BCUT2D eigenvalue weighted by Gasteiger charge is 2.52. The summed E-state index contributed by atoms with van der Waals surface area (Å²) in [5.41, 5.74) is 7.79. The van der Waals surface area contributed by atoms with E-state index in [0.717, 1.165) is 16.7 Å². The molecule has 2 heterocycles. The minimum absolute atomic E-state index is 0. The Bertz CT molecular complexity index is 656. The van der Waals surface area contributed by atoms with Crippen molar-refractivity contribution in [1.82, 2.24) is 10.2 Å². The van der Waals surface area contributed by atoms with E-state index in [-0.39, 0.29) is 23.6 Å². The Morgan fingerprint density at radius 1 is 1.09 bits per heavy atom. The van der Waals surface area contributed by atoms with Crippen LogP contribution in [0.1, 0.15) is 27.7 Å². The number of hydrogen-bond acceptors (Lipinski definition) is 4. The number of anilines is 1. The molecule has 0 spiro atoms.